The highest BCUT2D eigenvalue weighted by Gasteiger charge is 2.58. The molecule has 4 unspecified atom stereocenters. The van der Waals surface area contributed by atoms with Gasteiger partial charge in [-0.15, -0.1) is 0 Å². The molecule has 430 valence electrons. The molecule has 5 aromatic heterocycles. The minimum absolute atomic E-state index is 0.00874. The quantitative estimate of drug-likeness (QED) is 0.0251. The number of fused-ring (bicyclic) bond motifs is 2. The van der Waals surface area contributed by atoms with Crippen molar-refractivity contribution in [1.82, 2.24) is 43.6 Å². The zero-order valence-corrected chi connectivity index (χ0v) is 44.4. The number of H-pyrrole nitrogens is 2. The zero-order valence-electron chi connectivity index (χ0n) is 40.8. The maximum atomic E-state index is 14.4. The second-order valence-corrected chi connectivity index (χ2v) is 24.5. The lowest BCUT2D eigenvalue weighted by molar-refractivity contribution is -0.745. The van der Waals surface area contributed by atoms with Gasteiger partial charge in [-0.25, -0.2) is 38.0 Å². The number of nitrogens with two attached hydrogens (primary N) is 2. The van der Waals surface area contributed by atoms with Crippen molar-refractivity contribution in [2.75, 3.05) is 45.0 Å². The summed E-state index contributed by atoms with van der Waals surface area (Å²) in [5.74, 6) is -1.47. The molecule has 79 heavy (non-hydrogen) atoms. The van der Waals surface area contributed by atoms with Crippen molar-refractivity contribution < 1.29 is 104 Å². The summed E-state index contributed by atoms with van der Waals surface area (Å²) in [6.45, 7) is -3.54. The fraction of sp³-hybridized carbons (Fsp3) is 0.487. The van der Waals surface area contributed by atoms with Crippen LogP contribution >= 0.6 is 31.1 Å². The molecule has 3 saturated heterocycles. The summed E-state index contributed by atoms with van der Waals surface area (Å²) >= 11 is 0. The summed E-state index contributed by atoms with van der Waals surface area (Å²) in [6, 6.07) is 9.75. The Hall–Kier alpha value is -5.36. The Labute approximate surface area is 441 Å². The number of aliphatic hydroxyl groups excluding tert-OH is 3. The van der Waals surface area contributed by atoms with Crippen LogP contribution in [0.4, 0.5) is 11.8 Å². The lowest BCUT2D eigenvalue weighted by atomic mass is 9.99. The van der Waals surface area contributed by atoms with Gasteiger partial charge in [0.1, 0.15) is 54.1 Å². The SMILES string of the molecule is CO[C@@H]1[C@H](P(=O)(O)OC[C@H]2O[C@@H](n3ccc(=O)[nH]c3=O)[C@H](O)[C@@H]2O)[C@@H](COP(=O)(O)OP(=O)(O)OP(=O)(O)OC[C@H]2O[C@@H]([n+]3cn(C)c4c(=O)[nH]c(N)nc43)[C@H](O)[C@@H]2COCc2ccccc2)O[C@H]1n1cnc2c(N)ncnc21. The van der Waals surface area contributed by atoms with Gasteiger partial charge in [-0.3, -0.25) is 46.9 Å². The molecular formula is C39H51N12O24P4+. The molecule has 40 heteroatoms. The average molecular weight is 1200 g/mol. The third-order valence-electron chi connectivity index (χ3n) is 12.7. The maximum absolute atomic E-state index is 14.4. The lowest BCUT2D eigenvalue weighted by Crippen LogP contribution is -2.45. The van der Waals surface area contributed by atoms with E-state index in [2.05, 4.69) is 33.5 Å². The second kappa shape index (κ2) is 22.9. The van der Waals surface area contributed by atoms with Crippen LogP contribution in [0, 0.1) is 5.92 Å². The molecule has 0 amide bonds. The molecule has 6 aromatic rings. The van der Waals surface area contributed by atoms with E-state index in [9.17, 15) is 67.5 Å². The molecule has 3 aliphatic rings. The number of phosphoric acid groups is 3. The Balaban J connectivity index is 0.889. The van der Waals surface area contributed by atoms with E-state index in [-0.39, 0.29) is 47.3 Å². The second-order valence-electron chi connectivity index (χ2n) is 17.9. The van der Waals surface area contributed by atoms with Gasteiger partial charge < -0.3 is 74.6 Å². The summed E-state index contributed by atoms with van der Waals surface area (Å²) in [6.07, 6.45) is -11.8. The van der Waals surface area contributed by atoms with E-state index in [1.165, 1.54) is 27.1 Å². The van der Waals surface area contributed by atoms with Crippen LogP contribution in [0.25, 0.3) is 22.3 Å². The molecule has 1 aromatic carbocycles. The Morgan fingerprint density at radius 2 is 1.43 bits per heavy atom. The molecule has 0 bridgehead atoms. The van der Waals surface area contributed by atoms with Crippen LogP contribution in [0.2, 0.25) is 0 Å². The number of anilines is 2. The van der Waals surface area contributed by atoms with Gasteiger partial charge in [0.05, 0.1) is 52.5 Å². The monoisotopic (exact) mass is 1200 g/mol. The van der Waals surface area contributed by atoms with Gasteiger partial charge in [-0.2, -0.15) is 8.62 Å². The summed E-state index contributed by atoms with van der Waals surface area (Å²) < 4.78 is 112. The number of benzene rings is 1. The molecule has 0 aliphatic carbocycles. The number of nitrogens with one attached hydrogen (secondary N) is 2. The van der Waals surface area contributed by atoms with E-state index < -0.39 is 141 Å². The van der Waals surface area contributed by atoms with Crippen molar-refractivity contribution in [3.8, 4) is 0 Å². The fourth-order valence-corrected chi connectivity index (χ4v) is 14.4. The Morgan fingerprint density at radius 1 is 0.759 bits per heavy atom. The number of hydrogen-bond donors (Lipinski definition) is 11. The molecule has 36 nitrogen and oxygen atoms in total. The number of aryl methyl sites for hydroxylation is 1. The number of hydrogen-bond acceptors (Lipinski definition) is 26. The number of methoxy groups -OCH3 is 1. The number of ether oxygens (including phenoxy) is 5. The first-order chi connectivity index (χ1) is 37.3. The first kappa shape index (κ1) is 58.3. The lowest BCUT2D eigenvalue weighted by Gasteiger charge is -2.28. The van der Waals surface area contributed by atoms with Crippen molar-refractivity contribution in [2.24, 2.45) is 13.0 Å². The van der Waals surface area contributed by atoms with Crippen LogP contribution in [0.1, 0.15) is 24.2 Å². The predicted octanol–water partition coefficient (Wildman–Crippen LogP) is -2.34. The predicted molar refractivity (Wildman–Crippen MR) is 260 cm³/mol. The number of phosphoric ester groups is 2. The number of aromatic nitrogens is 10. The minimum atomic E-state index is -6.23. The highest BCUT2D eigenvalue weighted by Crippen LogP contribution is 2.68. The molecular weight excluding hydrogens is 1140 g/mol. The van der Waals surface area contributed by atoms with Crippen molar-refractivity contribution in [3.63, 3.8) is 0 Å². The van der Waals surface area contributed by atoms with Crippen molar-refractivity contribution in [2.45, 2.75) is 73.7 Å². The topological polar surface area (TPSA) is 507 Å². The van der Waals surface area contributed by atoms with Crippen LogP contribution in [-0.4, -0.2) is 160 Å². The number of nitrogens with zero attached hydrogens (tertiary/aromatic N) is 8. The smallest absolute Gasteiger partial charge is 0.387 e. The molecule has 3 aliphatic heterocycles. The van der Waals surface area contributed by atoms with E-state index in [1.54, 1.807) is 30.3 Å². The largest absolute Gasteiger partial charge is 0.490 e. The standard InChI is InChI=1S/C39H50N12O24P4/c1-48-17-51(33-25(48)34(56)47-38(41)46-33)35-26(53)19(11-67-10-18-6-4-3-5-7-18)20(71-35)12-69-77(60,61)74-79(64,65)75-78(62,63)70-14-22-30(29(66-2)37(73-22)50-16-44-24-31(40)42-15-43-32(24)50)76(58,59)68-13-21-27(54)28(55)36(72-21)49-9-8-23(52)45-39(49)57/h3-9,15-17,19-22,26-30,35-37,53-55H,10-14H2,1-2H3,(H9-,40,41,42,43,45,46,47,52,56,57,58,59,60,61,62,63,64,65)/p+1/t19-,20-,21-,22-,26-,27-,28-,29-,30-,35-,36-,37-/m1/s1. The van der Waals surface area contributed by atoms with Crippen LogP contribution in [0.15, 0.2) is 76.0 Å². The van der Waals surface area contributed by atoms with E-state index >= 15 is 0 Å². The highest BCUT2D eigenvalue weighted by atomic mass is 31.3. The van der Waals surface area contributed by atoms with Gasteiger partial charge in [-0.05, 0) is 5.56 Å². The number of aromatic amines is 2. The minimum Gasteiger partial charge on any atom is -0.387 e. The van der Waals surface area contributed by atoms with Gasteiger partial charge >= 0.3 is 42.4 Å². The first-order valence-corrected chi connectivity index (χ1v) is 29.2. The number of rotatable bonds is 22. The number of nitrogen functional groups attached to an aromatic ring is 2. The number of aliphatic hydroxyl groups is 3. The third kappa shape index (κ3) is 12.4. The Morgan fingerprint density at radius 3 is 2.11 bits per heavy atom. The van der Waals surface area contributed by atoms with E-state index in [1.807, 2.05) is 4.98 Å². The van der Waals surface area contributed by atoms with Crippen LogP contribution in [-0.2, 0) is 77.8 Å². The maximum Gasteiger partial charge on any atom is 0.490 e. The molecule has 8 heterocycles. The van der Waals surface area contributed by atoms with E-state index in [0.717, 1.165) is 42.2 Å². The molecule has 16 atom stereocenters. The van der Waals surface area contributed by atoms with Gasteiger partial charge in [0.15, 0.2) is 30.2 Å². The Kier molecular flexibility index (Phi) is 16.9. The van der Waals surface area contributed by atoms with Crippen molar-refractivity contribution >= 4 is 65.2 Å². The highest BCUT2D eigenvalue weighted by molar-refractivity contribution is 7.66. The summed E-state index contributed by atoms with van der Waals surface area (Å²) in [5.41, 5.74) is 8.08. The van der Waals surface area contributed by atoms with Crippen LogP contribution in [0.5, 0.6) is 0 Å². The van der Waals surface area contributed by atoms with Crippen molar-refractivity contribution in [1.29, 1.82) is 0 Å². The zero-order chi connectivity index (χ0) is 56.9. The van der Waals surface area contributed by atoms with Crippen LogP contribution in [0.3, 0.4) is 0 Å². The van der Waals surface area contributed by atoms with Crippen LogP contribution < -0.4 is 32.8 Å². The molecule has 0 spiro atoms. The first-order valence-electron chi connectivity index (χ1n) is 23.1. The normalized spacial score (nSPS) is 29.4. The van der Waals surface area contributed by atoms with E-state index in [0.29, 0.717) is 0 Å². The van der Waals surface area contributed by atoms with Crippen molar-refractivity contribution in [3.05, 3.63) is 98.3 Å². The van der Waals surface area contributed by atoms with Gasteiger partial charge in [0.25, 0.3) is 17.1 Å². The summed E-state index contributed by atoms with van der Waals surface area (Å²) in [5, 5.41) is 33.2. The fourth-order valence-electron chi connectivity index (χ4n) is 9.17. The van der Waals surface area contributed by atoms with Gasteiger partial charge in [0, 0.05) is 25.3 Å². The van der Waals surface area contributed by atoms with E-state index in [4.69, 9.17) is 48.7 Å². The summed E-state index contributed by atoms with van der Waals surface area (Å²) in [7, 11) is -20.8. The third-order valence-corrected chi connectivity index (χ3v) is 18.9. The molecule has 0 saturated carbocycles. The molecule has 3 fully saturated rings. The molecule has 0 radical (unpaired) electrons. The average Bonchev–Trinajstić information content (AvgIpc) is 4.41. The Bertz CT molecular complexity index is 3590. The molecule has 9 rings (SSSR count). The van der Waals surface area contributed by atoms with Gasteiger partial charge in [-0.1, -0.05) is 35.3 Å². The number of imidazole rings is 2. The van der Waals surface area contributed by atoms with Gasteiger partial charge in [0.2, 0.25) is 11.7 Å². The molecule has 13 N–H and O–H groups in total. The summed E-state index contributed by atoms with van der Waals surface area (Å²) in [4.78, 5) is 101.